The average molecular weight is 401 g/mol. The number of hydrogen-bond donors (Lipinski definition) is 0. The lowest BCUT2D eigenvalue weighted by Gasteiger charge is -2.37. The van der Waals surface area contributed by atoms with Crippen LogP contribution in [-0.2, 0) is 16.0 Å². The molecule has 0 radical (unpaired) electrons. The Hall–Kier alpha value is -2.47. The molecule has 0 fully saturated rings. The standard InChI is InChI=1S/C22H25FN2O2S/c1-3-5-20(26)24(12-4-2)15-21(27)25-13-10-19-18(11-14-28-19)22(25)16-6-8-17(23)9-7-16/h4,6-9,11,14,22H,2-3,5,10,12-13,15H2,1H3. The quantitative estimate of drug-likeness (QED) is 0.655. The molecule has 3 rings (SSSR count). The number of nitrogens with zero attached hydrogens (tertiary/aromatic N) is 2. The highest BCUT2D eigenvalue weighted by atomic mass is 32.1. The summed E-state index contributed by atoms with van der Waals surface area (Å²) in [7, 11) is 0. The van der Waals surface area contributed by atoms with Gasteiger partial charge >= 0.3 is 0 Å². The third-order valence-corrected chi connectivity index (χ3v) is 5.96. The molecule has 1 aliphatic heterocycles. The van der Waals surface area contributed by atoms with Gasteiger partial charge in [-0.1, -0.05) is 25.1 Å². The lowest BCUT2D eigenvalue weighted by molar-refractivity contribution is -0.141. The maximum atomic E-state index is 13.4. The van der Waals surface area contributed by atoms with Crippen molar-refractivity contribution >= 4 is 23.2 Å². The molecule has 2 amide bonds. The van der Waals surface area contributed by atoms with Gasteiger partial charge in [0.2, 0.25) is 11.8 Å². The van der Waals surface area contributed by atoms with E-state index in [1.165, 1.54) is 17.0 Å². The SMILES string of the molecule is C=CCN(CC(=O)N1CCc2sccc2C1c1ccc(F)cc1)C(=O)CCC. The minimum absolute atomic E-state index is 0.0298. The molecule has 28 heavy (non-hydrogen) atoms. The number of fused-ring (bicyclic) bond motifs is 1. The van der Waals surface area contributed by atoms with Crippen molar-refractivity contribution in [2.24, 2.45) is 0 Å². The van der Waals surface area contributed by atoms with E-state index in [0.717, 1.165) is 24.0 Å². The molecule has 0 saturated heterocycles. The summed E-state index contributed by atoms with van der Waals surface area (Å²) in [4.78, 5) is 30.2. The summed E-state index contributed by atoms with van der Waals surface area (Å²) in [6.45, 7) is 6.61. The fourth-order valence-corrected chi connectivity index (χ4v) is 4.53. The normalized spacial score (nSPS) is 15.8. The molecule has 1 aliphatic rings. The summed E-state index contributed by atoms with van der Waals surface area (Å²) in [5, 5.41) is 2.03. The van der Waals surface area contributed by atoms with Crippen LogP contribution in [-0.4, -0.2) is 41.2 Å². The third kappa shape index (κ3) is 4.33. The molecular formula is C22H25FN2O2S. The first-order chi connectivity index (χ1) is 13.5. The van der Waals surface area contributed by atoms with Crippen LogP contribution >= 0.6 is 11.3 Å². The van der Waals surface area contributed by atoms with Crippen LogP contribution in [0.1, 0.15) is 41.8 Å². The molecule has 2 heterocycles. The Kier molecular flexibility index (Phi) is 6.62. The number of halogens is 1. The number of carbonyl (C=O) groups is 2. The highest BCUT2D eigenvalue weighted by Crippen LogP contribution is 2.37. The third-order valence-electron chi connectivity index (χ3n) is 4.96. The van der Waals surface area contributed by atoms with Crippen molar-refractivity contribution in [3.8, 4) is 0 Å². The van der Waals surface area contributed by atoms with Crippen LogP contribution in [0.5, 0.6) is 0 Å². The van der Waals surface area contributed by atoms with E-state index < -0.39 is 0 Å². The van der Waals surface area contributed by atoms with Gasteiger partial charge in [-0.2, -0.15) is 0 Å². The second kappa shape index (κ2) is 9.15. The van der Waals surface area contributed by atoms with Gasteiger partial charge < -0.3 is 9.80 Å². The number of rotatable bonds is 7. The first-order valence-corrected chi connectivity index (χ1v) is 10.4. The van der Waals surface area contributed by atoms with Crippen LogP contribution in [0.25, 0.3) is 0 Å². The summed E-state index contributed by atoms with van der Waals surface area (Å²) in [5.41, 5.74) is 1.97. The largest absolute Gasteiger partial charge is 0.330 e. The minimum Gasteiger partial charge on any atom is -0.330 e. The van der Waals surface area contributed by atoms with E-state index in [4.69, 9.17) is 0 Å². The van der Waals surface area contributed by atoms with E-state index in [-0.39, 0.29) is 30.2 Å². The Morgan fingerprint density at radius 3 is 2.75 bits per heavy atom. The number of thiophene rings is 1. The van der Waals surface area contributed by atoms with Gasteiger partial charge in [0, 0.05) is 24.4 Å². The highest BCUT2D eigenvalue weighted by Gasteiger charge is 2.33. The molecule has 1 aromatic carbocycles. The molecule has 4 nitrogen and oxygen atoms in total. The summed E-state index contributed by atoms with van der Waals surface area (Å²) in [6, 6.07) is 8.10. The molecule has 1 aromatic heterocycles. The van der Waals surface area contributed by atoms with Crippen molar-refractivity contribution in [3.63, 3.8) is 0 Å². The molecular weight excluding hydrogens is 375 g/mol. The lowest BCUT2D eigenvalue weighted by atomic mass is 9.93. The van der Waals surface area contributed by atoms with E-state index in [1.807, 2.05) is 23.3 Å². The van der Waals surface area contributed by atoms with Crippen molar-refractivity contribution in [1.82, 2.24) is 9.80 Å². The second-order valence-corrected chi connectivity index (χ2v) is 7.90. The first-order valence-electron chi connectivity index (χ1n) is 9.55. The maximum Gasteiger partial charge on any atom is 0.243 e. The second-order valence-electron chi connectivity index (χ2n) is 6.90. The van der Waals surface area contributed by atoms with E-state index in [0.29, 0.717) is 19.5 Å². The van der Waals surface area contributed by atoms with Crippen molar-refractivity contribution in [2.75, 3.05) is 19.6 Å². The van der Waals surface area contributed by atoms with Gasteiger partial charge in [0.1, 0.15) is 12.4 Å². The van der Waals surface area contributed by atoms with Crippen LogP contribution < -0.4 is 0 Å². The molecule has 0 bridgehead atoms. The fraction of sp³-hybridized carbons (Fsp3) is 0.364. The first kappa shape index (κ1) is 20.3. The van der Waals surface area contributed by atoms with Crippen LogP contribution in [0.3, 0.4) is 0 Å². The Labute approximate surface area is 169 Å². The van der Waals surface area contributed by atoms with E-state index in [2.05, 4.69) is 6.58 Å². The zero-order chi connectivity index (χ0) is 20.1. The summed E-state index contributed by atoms with van der Waals surface area (Å²) in [6.07, 6.45) is 3.59. The zero-order valence-corrected chi connectivity index (χ0v) is 16.9. The number of carbonyl (C=O) groups excluding carboxylic acids is 2. The molecule has 0 aliphatic carbocycles. The predicted octanol–water partition coefficient (Wildman–Crippen LogP) is 4.18. The van der Waals surface area contributed by atoms with Crippen LogP contribution in [0.4, 0.5) is 4.39 Å². The molecule has 6 heteroatoms. The summed E-state index contributed by atoms with van der Waals surface area (Å²) >= 11 is 1.68. The van der Waals surface area contributed by atoms with Crippen LogP contribution in [0, 0.1) is 5.82 Å². The van der Waals surface area contributed by atoms with Gasteiger partial charge in [-0.15, -0.1) is 17.9 Å². The monoisotopic (exact) mass is 400 g/mol. The smallest absolute Gasteiger partial charge is 0.243 e. The van der Waals surface area contributed by atoms with E-state index >= 15 is 0 Å². The topological polar surface area (TPSA) is 40.6 Å². The van der Waals surface area contributed by atoms with Crippen molar-refractivity contribution in [2.45, 2.75) is 32.2 Å². The molecule has 1 unspecified atom stereocenters. The Bertz CT molecular complexity index is 846. The Morgan fingerprint density at radius 1 is 1.32 bits per heavy atom. The number of benzene rings is 1. The molecule has 2 aromatic rings. The molecule has 0 spiro atoms. The highest BCUT2D eigenvalue weighted by molar-refractivity contribution is 7.10. The van der Waals surface area contributed by atoms with Gasteiger partial charge in [0.25, 0.3) is 0 Å². The fourth-order valence-electron chi connectivity index (χ4n) is 3.63. The lowest BCUT2D eigenvalue weighted by Crippen LogP contribution is -2.46. The molecule has 0 saturated carbocycles. The van der Waals surface area contributed by atoms with Crippen molar-refractivity contribution < 1.29 is 14.0 Å². The van der Waals surface area contributed by atoms with Crippen LogP contribution in [0.15, 0.2) is 48.4 Å². The van der Waals surface area contributed by atoms with Gasteiger partial charge in [-0.25, -0.2) is 4.39 Å². The summed E-state index contributed by atoms with van der Waals surface area (Å²) < 4.78 is 13.4. The van der Waals surface area contributed by atoms with Gasteiger partial charge in [-0.3, -0.25) is 9.59 Å². The van der Waals surface area contributed by atoms with Crippen LogP contribution in [0.2, 0.25) is 0 Å². The Morgan fingerprint density at radius 2 is 2.07 bits per heavy atom. The zero-order valence-electron chi connectivity index (χ0n) is 16.1. The Balaban J connectivity index is 1.87. The van der Waals surface area contributed by atoms with Crippen molar-refractivity contribution in [1.29, 1.82) is 0 Å². The molecule has 148 valence electrons. The summed E-state index contributed by atoms with van der Waals surface area (Å²) in [5.74, 6) is -0.440. The van der Waals surface area contributed by atoms with E-state index in [9.17, 15) is 14.0 Å². The number of amides is 2. The van der Waals surface area contributed by atoms with E-state index in [1.54, 1.807) is 34.4 Å². The predicted molar refractivity (Wildman–Crippen MR) is 110 cm³/mol. The van der Waals surface area contributed by atoms with Gasteiger partial charge in [0.15, 0.2) is 0 Å². The molecule has 0 N–H and O–H groups in total. The van der Waals surface area contributed by atoms with Crippen molar-refractivity contribution in [3.05, 3.63) is 70.2 Å². The van der Waals surface area contributed by atoms with Gasteiger partial charge in [-0.05, 0) is 47.5 Å². The average Bonchev–Trinajstić information content (AvgIpc) is 3.16. The maximum absolute atomic E-state index is 13.4. The van der Waals surface area contributed by atoms with Gasteiger partial charge in [0.05, 0.1) is 6.04 Å². The minimum atomic E-state index is -0.301. The molecule has 1 atom stereocenters. The number of hydrogen-bond acceptors (Lipinski definition) is 3.